The van der Waals surface area contributed by atoms with E-state index in [0.717, 1.165) is 0 Å². The Morgan fingerprint density at radius 1 is 1.10 bits per heavy atom. The Labute approximate surface area is 59.2 Å². The molecule has 0 spiro atoms. The van der Waals surface area contributed by atoms with Gasteiger partial charge >= 0.3 is 5.30 Å². The van der Waals surface area contributed by atoms with Crippen molar-refractivity contribution in [2.24, 2.45) is 0 Å². The number of rotatable bonds is 3. The molecule has 0 rings (SSSR count). The van der Waals surface area contributed by atoms with Crippen LogP contribution in [0.25, 0.3) is 0 Å². The van der Waals surface area contributed by atoms with Gasteiger partial charge in [0.2, 0.25) is 0 Å². The molecule has 0 saturated carbocycles. The smallest absolute Gasteiger partial charge is 0.353 e. The minimum absolute atomic E-state index is 0.685. The highest BCUT2D eigenvalue weighted by Crippen LogP contribution is 2.44. The van der Waals surface area contributed by atoms with E-state index >= 15 is 0 Å². The Morgan fingerprint density at radius 3 is 1.40 bits per heavy atom. The first kappa shape index (κ1) is 9.70. The molecule has 0 unspecified atom stereocenters. The summed E-state index contributed by atoms with van der Waals surface area (Å²) in [5, 5.41) is 32.5. The Hall–Kier alpha value is -0.300. The number of hydrogen-bond donors (Lipinski definition) is 4. The summed E-state index contributed by atoms with van der Waals surface area (Å²) >= 11 is 0. The highest BCUT2D eigenvalue weighted by atomic mass is 32.3. The van der Waals surface area contributed by atoms with Crippen molar-refractivity contribution in [3.63, 3.8) is 0 Å². The van der Waals surface area contributed by atoms with Crippen LogP contribution in [0.2, 0.25) is 0 Å². The predicted octanol–water partition coefficient (Wildman–Crippen LogP) is -0.682. The molecule has 4 N–H and O–H groups in total. The van der Waals surface area contributed by atoms with Gasteiger partial charge < -0.3 is 20.4 Å². The summed E-state index contributed by atoms with van der Waals surface area (Å²) in [5.74, 6) is -2.06. The third kappa shape index (κ3) is 1.60. The third-order valence-electron chi connectivity index (χ3n) is 1.11. The molecule has 10 heavy (non-hydrogen) atoms. The summed E-state index contributed by atoms with van der Waals surface area (Å²) < 4.78 is 0. The van der Waals surface area contributed by atoms with Gasteiger partial charge in [0.25, 0.3) is 0 Å². The Bertz CT molecular complexity index is 113. The van der Waals surface area contributed by atoms with E-state index in [-0.39, 0.29) is 0 Å². The second-order valence-corrected chi connectivity index (χ2v) is 4.91. The van der Waals surface area contributed by atoms with Gasteiger partial charge in [-0.1, -0.05) is 10.0 Å². The van der Waals surface area contributed by atoms with Gasteiger partial charge in [-0.15, -0.1) is 0 Å². The highest BCUT2D eigenvalue weighted by molar-refractivity contribution is 8.44. The number of aliphatic hydroxyl groups excluding tert-OH is 3. The lowest BCUT2D eigenvalue weighted by Crippen LogP contribution is -2.20. The largest absolute Gasteiger partial charge is 0.474 e. The van der Waals surface area contributed by atoms with Crippen molar-refractivity contribution in [1.82, 2.24) is 0 Å². The maximum atomic E-state index is 10.3. The molecule has 0 aliphatic rings. The van der Waals surface area contributed by atoms with Crippen LogP contribution in [0.3, 0.4) is 0 Å². The topological polar surface area (TPSA) is 98.0 Å². The molecule has 0 aliphatic heterocycles. The lowest BCUT2D eigenvalue weighted by atomic mass is 11.5. The van der Waals surface area contributed by atoms with E-state index in [1.165, 1.54) is 0 Å². The predicted molar refractivity (Wildman–Crippen MR) is 36.9 cm³/mol. The van der Waals surface area contributed by atoms with E-state index in [1.54, 1.807) is 0 Å². The van der Waals surface area contributed by atoms with Crippen LogP contribution < -0.4 is 0 Å². The molecule has 0 aromatic heterocycles. The van der Waals surface area contributed by atoms with Crippen LogP contribution >= 0.6 is 10.0 Å². The molecule has 0 radical (unpaired) electrons. The van der Waals surface area contributed by atoms with Crippen LogP contribution in [0.5, 0.6) is 0 Å². The zero-order valence-electron chi connectivity index (χ0n) is 5.23. The van der Waals surface area contributed by atoms with E-state index in [4.69, 9.17) is 20.4 Å². The molecule has 0 amide bonds. The quantitative estimate of drug-likeness (QED) is 0.450. The van der Waals surface area contributed by atoms with Crippen molar-refractivity contribution < 1.29 is 25.2 Å². The average molecular weight is 170 g/mol. The van der Waals surface area contributed by atoms with Crippen LogP contribution in [0.4, 0.5) is 4.79 Å². The van der Waals surface area contributed by atoms with Crippen LogP contribution in [0, 0.1) is 0 Å². The maximum absolute atomic E-state index is 10.3. The Morgan fingerprint density at radius 2 is 1.40 bits per heavy atom. The van der Waals surface area contributed by atoms with Crippen LogP contribution in [-0.2, 0) is 0 Å². The van der Waals surface area contributed by atoms with Gasteiger partial charge in [-0.2, -0.15) is 0 Å². The molecule has 0 saturated heterocycles. The summed E-state index contributed by atoms with van der Waals surface area (Å²) in [6.07, 6.45) is 0. The maximum Gasteiger partial charge on any atom is 0.353 e. The van der Waals surface area contributed by atoms with Crippen molar-refractivity contribution in [3.8, 4) is 0 Å². The lowest BCUT2D eigenvalue weighted by Gasteiger charge is -2.27. The minimum atomic E-state index is -2.64. The fourth-order valence-electron chi connectivity index (χ4n) is 0.288. The van der Waals surface area contributed by atoms with Crippen LogP contribution in [0.1, 0.15) is 0 Å². The van der Waals surface area contributed by atoms with Gasteiger partial charge in [0.1, 0.15) is 0 Å². The van der Waals surface area contributed by atoms with Crippen molar-refractivity contribution in [2.45, 2.75) is 0 Å². The molecular weight excluding hydrogens is 160 g/mol. The van der Waals surface area contributed by atoms with E-state index in [1.807, 2.05) is 0 Å². The fourth-order valence-corrected chi connectivity index (χ4v) is 0.864. The van der Waals surface area contributed by atoms with Crippen molar-refractivity contribution in [1.29, 1.82) is 0 Å². The number of carboxylic acid groups (broad SMARTS) is 1. The first-order valence-corrected chi connectivity index (χ1v) is 4.59. The number of hydrogen-bond acceptors (Lipinski definition) is 4. The molecule has 0 aliphatic carbocycles. The minimum Gasteiger partial charge on any atom is -0.474 e. The second kappa shape index (κ2) is 3.77. The average Bonchev–Trinajstić information content (AvgIpc) is 1.92. The molecule has 0 aromatic rings. The lowest BCUT2D eigenvalue weighted by molar-refractivity contribution is 0.217. The van der Waals surface area contributed by atoms with E-state index in [0.29, 0.717) is 0 Å². The Kier molecular flexibility index (Phi) is 3.66. The van der Waals surface area contributed by atoms with Gasteiger partial charge in [0.05, 0.1) is 17.8 Å². The van der Waals surface area contributed by atoms with Gasteiger partial charge in [-0.3, -0.25) is 0 Å². The Balaban J connectivity index is 4.31. The van der Waals surface area contributed by atoms with Crippen LogP contribution in [-0.4, -0.2) is 43.5 Å². The van der Waals surface area contributed by atoms with Gasteiger partial charge in [-0.25, -0.2) is 4.79 Å². The summed E-state index contributed by atoms with van der Waals surface area (Å²) in [6, 6.07) is 0. The van der Waals surface area contributed by atoms with E-state index in [9.17, 15) is 4.79 Å². The monoisotopic (exact) mass is 170 g/mol. The van der Waals surface area contributed by atoms with Crippen LogP contribution in [0.15, 0.2) is 0 Å². The molecule has 62 valence electrons. The summed E-state index contributed by atoms with van der Waals surface area (Å²) in [7, 11) is -2.64. The van der Waals surface area contributed by atoms with Gasteiger partial charge in [0, 0.05) is 0 Å². The van der Waals surface area contributed by atoms with Crippen molar-refractivity contribution >= 4 is 15.3 Å². The third-order valence-corrected chi connectivity index (χ3v) is 3.34. The number of aliphatic hydroxyl groups is 3. The zero-order chi connectivity index (χ0) is 8.20. The SMILES string of the molecule is O=C(O)S(CO)(CO)CO. The summed E-state index contributed by atoms with van der Waals surface area (Å²) in [4.78, 5) is 10.3. The zero-order valence-corrected chi connectivity index (χ0v) is 6.04. The first-order chi connectivity index (χ1) is 4.63. The molecule has 0 bridgehead atoms. The van der Waals surface area contributed by atoms with Gasteiger partial charge in [0.15, 0.2) is 0 Å². The fraction of sp³-hybridized carbons (Fsp3) is 0.750. The molecule has 0 fully saturated rings. The van der Waals surface area contributed by atoms with Gasteiger partial charge in [-0.05, 0) is 0 Å². The van der Waals surface area contributed by atoms with Crippen molar-refractivity contribution in [3.05, 3.63) is 0 Å². The summed E-state index contributed by atoms with van der Waals surface area (Å²) in [5.41, 5.74) is 0. The molecule has 6 heteroatoms. The first-order valence-electron chi connectivity index (χ1n) is 2.45. The molecule has 5 nitrogen and oxygen atoms in total. The molecule has 0 atom stereocenters. The van der Waals surface area contributed by atoms with Crippen molar-refractivity contribution in [2.75, 3.05) is 17.8 Å². The molecular formula is C4H10O5S. The molecule has 0 heterocycles. The van der Waals surface area contributed by atoms with E-state index in [2.05, 4.69) is 0 Å². The highest BCUT2D eigenvalue weighted by Gasteiger charge is 2.29. The second-order valence-electron chi connectivity index (χ2n) is 1.70. The standard InChI is InChI=1S/C4H10O5S/c5-1-10(2-6,3-7)4(8)9/h5-7H,1-3H2,(H,8,9). The summed E-state index contributed by atoms with van der Waals surface area (Å²) in [6.45, 7) is 0. The molecule has 0 aromatic carbocycles. The number of carbonyl (C=O) groups is 1. The van der Waals surface area contributed by atoms with E-state index < -0.39 is 33.1 Å². The normalized spacial score (nSPS) is 13.1.